The van der Waals surface area contributed by atoms with Gasteiger partial charge in [0.2, 0.25) is 0 Å². The van der Waals surface area contributed by atoms with Crippen molar-refractivity contribution in [2.45, 2.75) is 26.2 Å². The number of nitriles is 1. The van der Waals surface area contributed by atoms with E-state index in [9.17, 15) is 9.90 Å². The van der Waals surface area contributed by atoms with E-state index in [4.69, 9.17) is 10.00 Å². The molecule has 0 radical (unpaired) electrons. The number of nitrogens with zero attached hydrogens (tertiary/aromatic N) is 1. The topological polar surface area (TPSA) is 70.3 Å². The first-order valence-corrected chi connectivity index (χ1v) is 5.17. The third kappa shape index (κ3) is 2.09. The molecule has 0 aliphatic carbocycles. The van der Waals surface area contributed by atoms with Gasteiger partial charge in [-0.15, -0.1) is 0 Å². The van der Waals surface area contributed by atoms with Crippen LogP contribution in [0.3, 0.4) is 0 Å². The Morgan fingerprint density at radius 1 is 1.41 bits per heavy atom. The molecule has 4 nitrogen and oxygen atoms in total. The summed E-state index contributed by atoms with van der Waals surface area (Å²) >= 11 is 0. The van der Waals surface area contributed by atoms with E-state index < -0.39 is 11.4 Å². The number of ether oxygens (including phenoxy) is 1. The zero-order valence-corrected chi connectivity index (χ0v) is 10.4. The van der Waals surface area contributed by atoms with E-state index in [0.717, 1.165) is 11.1 Å². The van der Waals surface area contributed by atoms with Crippen LogP contribution in [0.2, 0.25) is 0 Å². The van der Waals surface area contributed by atoms with Crippen LogP contribution in [-0.4, -0.2) is 18.2 Å². The van der Waals surface area contributed by atoms with Gasteiger partial charge in [0.1, 0.15) is 5.75 Å². The Morgan fingerprint density at radius 3 is 2.35 bits per heavy atom. The maximum absolute atomic E-state index is 11.2. The van der Waals surface area contributed by atoms with Gasteiger partial charge in [-0.3, -0.25) is 4.79 Å². The predicted octanol–water partition coefficient (Wildman–Crippen LogP) is 2.18. The lowest BCUT2D eigenvalue weighted by Crippen LogP contribution is -2.31. The molecule has 0 saturated carbocycles. The highest BCUT2D eigenvalue weighted by Crippen LogP contribution is 2.34. The first-order chi connectivity index (χ1) is 7.86. The van der Waals surface area contributed by atoms with Crippen LogP contribution in [0.15, 0.2) is 12.1 Å². The molecule has 1 rings (SSSR count). The molecule has 1 atom stereocenters. The van der Waals surface area contributed by atoms with Crippen molar-refractivity contribution in [3.8, 4) is 11.8 Å². The fourth-order valence-electron chi connectivity index (χ4n) is 1.57. The summed E-state index contributed by atoms with van der Waals surface area (Å²) in [6, 6.07) is 5.29. The second kappa shape index (κ2) is 4.46. The fourth-order valence-corrected chi connectivity index (χ4v) is 1.57. The molecule has 0 spiro atoms. The van der Waals surface area contributed by atoms with E-state index in [0.29, 0.717) is 11.3 Å². The third-order valence-corrected chi connectivity index (χ3v) is 3.01. The maximum Gasteiger partial charge on any atom is 0.328 e. The Hall–Kier alpha value is -2.02. The van der Waals surface area contributed by atoms with Crippen molar-refractivity contribution in [1.82, 2.24) is 0 Å². The van der Waals surface area contributed by atoms with Crippen molar-refractivity contribution in [3.63, 3.8) is 0 Å². The second-order valence-corrected chi connectivity index (χ2v) is 4.18. The summed E-state index contributed by atoms with van der Waals surface area (Å²) in [7, 11) is 1.47. The molecule has 4 heteroatoms. The fraction of sp³-hybridized carbons (Fsp3) is 0.385. The molecule has 1 N–H and O–H groups in total. The zero-order valence-electron chi connectivity index (χ0n) is 10.4. The number of aliphatic carboxylic acids is 1. The van der Waals surface area contributed by atoms with Crippen molar-refractivity contribution in [2.24, 2.45) is 0 Å². The molecule has 1 aromatic carbocycles. The van der Waals surface area contributed by atoms with Crippen molar-refractivity contribution < 1.29 is 14.6 Å². The van der Waals surface area contributed by atoms with Crippen LogP contribution >= 0.6 is 0 Å². The standard InChI is InChI=1S/C13H15NO3/c1-8-5-10(11(17-4)6-9(8)2)13(3,7-14)12(15)16/h5-6H,1-4H3,(H,15,16). The quantitative estimate of drug-likeness (QED) is 0.868. The molecule has 0 bridgehead atoms. The zero-order chi connectivity index (χ0) is 13.2. The minimum absolute atomic E-state index is 0.387. The number of carboxylic acid groups (broad SMARTS) is 1. The molecule has 1 unspecified atom stereocenters. The van der Waals surface area contributed by atoms with Crippen LogP contribution in [0.1, 0.15) is 23.6 Å². The number of rotatable bonds is 3. The third-order valence-electron chi connectivity index (χ3n) is 3.01. The van der Waals surface area contributed by atoms with Crippen LogP contribution in [0, 0.1) is 25.2 Å². The Bertz CT molecular complexity index is 502. The first-order valence-electron chi connectivity index (χ1n) is 5.17. The van der Waals surface area contributed by atoms with E-state index in [1.54, 1.807) is 12.1 Å². The lowest BCUT2D eigenvalue weighted by atomic mass is 9.82. The highest BCUT2D eigenvalue weighted by atomic mass is 16.5. The number of aryl methyl sites for hydroxylation is 2. The molecule has 0 fully saturated rings. The second-order valence-electron chi connectivity index (χ2n) is 4.18. The van der Waals surface area contributed by atoms with E-state index in [1.165, 1.54) is 14.0 Å². The van der Waals surface area contributed by atoms with Gasteiger partial charge in [-0.25, -0.2) is 0 Å². The van der Waals surface area contributed by atoms with Gasteiger partial charge in [-0.05, 0) is 44.0 Å². The summed E-state index contributed by atoms with van der Waals surface area (Å²) in [6.45, 7) is 5.16. The average molecular weight is 233 g/mol. The molecule has 17 heavy (non-hydrogen) atoms. The van der Waals surface area contributed by atoms with Crippen LogP contribution in [-0.2, 0) is 10.2 Å². The average Bonchev–Trinajstić information content (AvgIpc) is 2.30. The normalized spacial score (nSPS) is 13.6. The Balaban J connectivity index is 3.55. The number of methoxy groups -OCH3 is 1. The van der Waals surface area contributed by atoms with E-state index in [1.807, 2.05) is 19.9 Å². The van der Waals surface area contributed by atoms with Gasteiger partial charge in [-0.2, -0.15) is 5.26 Å². The van der Waals surface area contributed by atoms with Gasteiger partial charge < -0.3 is 9.84 Å². The van der Waals surface area contributed by atoms with Gasteiger partial charge >= 0.3 is 5.97 Å². The molecular formula is C13H15NO3. The maximum atomic E-state index is 11.2. The summed E-state index contributed by atoms with van der Waals surface area (Å²) in [5.41, 5.74) is 0.724. The van der Waals surface area contributed by atoms with E-state index in [-0.39, 0.29) is 0 Å². The minimum Gasteiger partial charge on any atom is -0.496 e. The molecule has 0 aromatic heterocycles. The molecule has 1 aromatic rings. The number of carbonyl (C=O) groups is 1. The van der Waals surface area contributed by atoms with E-state index >= 15 is 0 Å². The SMILES string of the molecule is COc1cc(C)c(C)cc1C(C)(C#N)C(=O)O. The molecule has 0 aliphatic rings. The molecule has 0 heterocycles. The molecule has 0 aliphatic heterocycles. The molecular weight excluding hydrogens is 218 g/mol. The molecule has 90 valence electrons. The van der Waals surface area contributed by atoms with Gasteiger partial charge in [0.05, 0.1) is 13.2 Å². The first kappa shape index (κ1) is 13.0. The lowest BCUT2D eigenvalue weighted by Gasteiger charge is -2.21. The minimum atomic E-state index is -1.59. The lowest BCUT2D eigenvalue weighted by molar-refractivity contribution is -0.141. The van der Waals surface area contributed by atoms with Crippen LogP contribution < -0.4 is 4.74 Å². The summed E-state index contributed by atoms with van der Waals surface area (Å²) in [5, 5.41) is 18.3. The number of hydrogen-bond donors (Lipinski definition) is 1. The van der Waals surface area contributed by atoms with Crippen molar-refractivity contribution in [1.29, 1.82) is 5.26 Å². The number of benzene rings is 1. The Labute approximate surface area is 100 Å². The Kier molecular flexibility index (Phi) is 3.42. The van der Waals surface area contributed by atoms with Gasteiger partial charge in [-0.1, -0.05) is 0 Å². The number of carboxylic acids is 1. The summed E-state index contributed by atoms with van der Waals surface area (Å²) in [6.07, 6.45) is 0. The van der Waals surface area contributed by atoms with Crippen LogP contribution in [0.4, 0.5) is 0 Å². The van der Waals surface area contributed by atoms with Gasteiger partial charge in [0.25, 0.3) is 0 Å². The van der Waals surface area contributed by atoms with Crippen molar-refractivity contribution >= 4 is 5.97 Å². The van der Waals surface area contributed by atoms with Crippen LogP contribution in [0.5, 0.6) is 5.75 Å². The summed E-state index contributed by atoms with van der Waals surface area (Å²) in [5.74, 6) is -0.749. The Morgan fingerprint density at radius 2 is 1.94 bits per heavy atom. The summed E-state index contributed by atoms with van der Waals surface area (Å²) < 4.78 is 5.16. The predicted molar refractivity (Wildman–Crippen MR) is 63.1 cm³/mol. The van der Waals surface area contributed by atoms with E-state index in [2.05, 4.69) is 0 Å². The van der Waals surface area contributed by atoms with Gasteiger partial charge in [0, 0.05) is 5.56 Å². The molecule has 0 amide bonds. The highest BCUT2D eigenvalue weighted by molar-refractivity contribution is 5.85. The largest absolute Gasteiger partial charge is 0.496 e. The monoisotopic (exact) mass is 233 g/mol. The van der Waals surface area contributed by atoms with Crippen molar-refractivity contribution in [2.75, 3.05) is 7.11 Å². The number of hydrogen-bond acceptors (Lipinski definition) is 3. The highest BCUT2D eigenvalue weighted by Gasteiger charge is 2.38. The van der Waals surface area contributed by atoms with Crippen LogP contribution in [0.25, 0.3) is 0 Å². The van der Waals surface area contributed by atoms with Crippen molar-refractivity contribution in [3.05, 3.63) is 28.8 Å². The smallest absolute Gasteiger partial charge is 0.328 e. The van der Waals surface area contributed by atoms with Gasteiger partial charge in [0.15, 0.2) is 5.41 Å². The molecule has 0 saturated heterocycles. The summed E-state index contributed by atoms with van der Waals surface area (Å²) in [4.78, 5) is 11.2.